The summed E-state index contributed by atoms with van der Waals surface area (Å²) in [6.45, 7) is 7.24. The van der Waals surface area contributed by atoms with E-state index in [4.69, 9.17) is 5.73 Å². The molecule has 1 aliphatic rings. The number of halogens is 4. The molecule has 1 amide bonds. The molecule has 3 N–H and O–H groups in total. The summed E-state index contributed by atoms with van der Waals surface area (Å²) in [7, 11) is 0. The number of anilines is 1. The van der Waals surface area contributed by atoms with Crippen LogP contribution in [0, 0.1) is 5.41 Å². The molecule has 0 radical (unpaired) electrons. The van der Waals surface area contributed by atoms with Crippen molar-refractivity contribution in [3.05, 3.63) is 29.8 Å². The normalized spacial score (nSPS) is 22.0. The van der Waals surface area contributed by atoms with Crippen LogP contribution in [0.3, 0.4) is 0 Å². The third-order valence-corrected chi connectivity index (χ3v) is 4.73. The Morgan fingerprint density at radius 3 is 2.60 bits per heavy atom. The Labute approximate surface area is 152 Å². The van der Waals surface area contributed by atoms with Crippen LogP contribution in [-0.4, -0.2) is 36.0 Å². The lowest BCUT2D eigenvalue weighted by atomic mass is 9.79. The first-order valence-corrected chi connectivity index (χ1v) is 7.98. The first-order valence-electron chi connectivity index (χ1n) is 7.98. The molecular formula is C17H25ClF3N3O. The number of likely N-dealkylation sites (tertiary alicyclic amines) is 1. The molecule has 1 aliphatic heterocycles. The SMILES string of the molecule is CC(C(=O)Nc1cccc(C(F)(F)F)c1)N1CCC(N)C(C)(C)C1.Cl. The average molecular weight is 380 g/mol. The van der Waals surface area contributed by atoms with Crippen LogP contribution in [0.2, 0.25) is 0 Å². The Kier molecular flexibility index (Phi) is 6.89. The Balaban J connectivity index is 0.00000312. The number of carbonyl (C=O) groups is 1. The molecule has 1 aromatic rings. The van der Waals surface area contributed by atoms with E-state index in [9.17, 15) is 18.0 Å². The van der Waals surface area contributed by atoms with Crippen molar-refractivity contribution in [2.75, 3.05) is 18.4 Å². The number of rotatable bonds is 3. The van der Waals surface area contributed by atoms with Gasteiger partial charge in [0.25, 0.3) is 0 Å². The second-order valence-electron chi connectivity index (χ2n) is 7.10. The molecule has 25 heavy (non-hydrogen) atoms. The van der Waals surface area contributed by atoms with Crippen molar-refractivity contribution in [3.63, 3.8) is 0 Å². The minimum absolute atomic E-state index is 0. The van der Waals surface area contributed by atoms with E-state index in [1.54, 1.807) is 6.92 Å². The molecule has 1 fully saturated rings. The average Bonchev–Trinajstić information content (AvgIpc) is 2.48. The molecular weight excluding hydrogens is 355 g/mol. The molecule has 142 valence electrons. The van der Waals surface area contributed by atoms with E-state index in [-0.39, 0.29) is 35.5 Å². The summed E-state index contributed by atoms with van der Waals surface area (Å²) in [6.07, 6.45) is -3.65. The zero-order chi connectivity index (χ0) is 18.1. The number of carbonyl (C=O) groups excluding carboxylic acids is 1. The molecule has 0 spiro atoms. The summed E-state index contributed by atoms with van der Waals surface area (Å²) in [4.78, 5) is 14.4. The number of benzene rings is 1. The van der Waals surface area contributed by atoms with Crippen molar-refractivity contribution in [2.24, 2.45) is 11.1 Å². The van der Waals surface area contributed by atoms with Crippen molar-refractivity contribution < 1.29 is 18.0 Å². The van der Waals surface area contributed by atoms with Gasteiger partial charge in [-0.05, 0) is 37.0 Å². The topological polar surface area (TPSA) is 58.4 Å². The highest BCUT2D eigenvalue weighted by Crippen LogP contribution is 2.31. The zero-order valence-electron chi connectivity index (χ0n) is 14.6. The molecule has 2 rings (SSSR count). The quantitative estimate of drug-likeness (QED) is 0.844. The van der Waals surface area contributed by atoms with Crippen LogP contribution in [-0.2, 0) is 11.0 Å². The van der Waals surface area contributed by atoms with Crippen LogP contribution < -0.4 is 11.1 Å². The molecule has 0 bridgehead atoms. The largest absolute Gasteiger partial charge is 0.416 e. The molecule has 1 heterocycles. The Morgan fingerprint density at radius 2 is 2.04 bits per heavy atom. The number of nitrogens with zero attached hydrogens (tertiary/aromatic N) is 1. The maximum Gasteiger partial charge on any atom is 0.416 e. The minimum atomic E-state index is -4.43. The fourth-order valence-electron chi connectivity index (χ4n) is 2.93. The van der Waals surface area contributed by atoms with Gasteiger partial charge in [0.1, 0.15) is 0 Å². The molecule has 8 heteroatoms. The van der Waals surface area contributed by atoms with Crippen LogP contribution in [0.1, 0.15) is 32.8 Å². The lowest BCUT2D eigenvalue weighted by Gasteiger charge is -2.44. The fraction of sp³-hybridized carbons (Fsp3) is 0.588. The van der Waals surface area contributed by atoms with Crippen LogP contribution in [0.15, 0.2) is 24.3 Å². The second kappa shape index (κ2) is 7.93. The number of nitrogens with two attached hydrogens (primary N) is 1. The number of amides is 1. The van der Waals surface area contributed by atoms with Gasteiger partial charge < -0.3 is 11.1 Å². The van der Waals surface area contributed by atoms with Crippen molar-refractivity contribution in [3.8, 4) is 0 Å². The minimum Gasteiger partial charge on any atom is -0.327 e. The second-order valence-corrected chi connectivity index (χ2v) is 7.10. The van der Waals surface area contributed by atoms with Crippen molar-refractivity contribution in [2.45, 2.75) is 45.5 Å². The lowest BCUT2D eigenvalue weighted by molar-refractivity contribution is -0.137. The number of nitrogens with one attached hydrogen (secondary N) is 1. The highest BCUT2D eigenvalue weighted by atomic mass is 35.5. The summed E-state index contributed by atoms with van der Waals surface area (Å²) in [5.41, 5.74) is 5.36. The van der Waals surface area contributed by atoms with E-state index in [2.05, 4.69) is 19.2 Å². The van der Waals surface area contributed by atoms with E-state index in [0.29, 0.717) is 13.1 Å². The predicted molar refractivity (Wildman–Crippen MR) is 94.7 cm³/mol. The van der Waals surface area contributed by atoms with Gasteiger partial charge in [0.2, 0.25) is 5.91 Å². The number of alkyl halides is 3. The summed E-state index contributed by atoms with van der Waals surface area (Å²) in [5, 5.41) is 2.58. The van der Waals surface area contributed by atoms with Crippen LogP contribution in [0.5, 0.6) is 0 Å². The highest BCUT2D eigenvalue weighted by Gasteiger charge is 2.37. The summed E-state index contributed by atoms with van der Waals surface area (Å²) in [5.74, 6) is -0.319. The predicted octanol–water partition coefficient (Wildman–Crippen LogP) is 3.51. The van der Waals surface area contributed by atoms with E-state index >= 15 is 0 Å². The van der Waals surface area contributed by atoms with Crippen LogP contribution in [0.25, 0.3) is 0 Å². The summed E-state index contributed by atoms with van der Waals surface area (Å²) in [6, 6.07) is 4.30. The molecule has 2 unspecified atom stereocenters. The first kappa shape index (κ1) is 21.7. The number of hydrogen-bond acceptors (Lipinski definition) is 3. The van der Waals surface area contributed by atoms with Gasteiger partial charge in [-0.3, -0.25) is 9.69 Å². The number of hydrogen-bond donors (Lipinski definition) is 2. The van der Waals surface area contributed by atoms with E-state index in [1.807, 2.05) is 4.90 Å². The molecule has 0 saturated carbocycles. The van der Waals surface area contributed by atoms with Gasteiger partial charge in [-0.15, -0.1) is 12.4 Å². The van der Waals surface area contributed by atoms with E-state index < -0.39 is 17.8 Å². The van der Waals surface area contributed by atoms with Crippen molar-refractivity contribution in [1.29, 1.82) is 0 Å². The zero-order valence-corrected chi connectivity index (χ0v) is 15.4. The van der Waals surface area contributed by atoms with Crippen molar-refractivity contribution >= 4 is 24.0 Å². The maximum atomic E-state index is 12.7. The van der Waals surface area contributed by atoms with Gasteiger partial charge >= 0.3 is 6.18 Å². The molecule has 1 aromatic carbocycles. The van der Waals surface area contributed by atoms with Gasteiger partial charge in [-0.25, -0.2) is 0 Å². The van der Waals surface area contributed by atoms with Crippen LogP contribution in [0.4, 0.5) is 18.9 Å². The third kappa shape index (κ3) is 5.33. The highest BCUT2D eigenvalue weighted by molar-refractivity contribution is 5.94. The monoisotopic (exact) mass is 379 g/mol. The van der Waals surface area contributed by atoms with Gasteiger partial charge in [0.15, 0.2) is 0 Å². The molecule has 2 atom stereocenters. The van der Waals surface area contributed by atoms with Gasteiger partial charge in [-0.2, -0.15) is 13.2 Å². The van der Waals surface area contributed by atoms with Crippen molar-refractivity contribution in [1.82, 2.24) is 4.90 Å². The molecule has 4 nitrogen and oxygen atoms in total. The Hall–Kier alpha value is -1.31. The standard InChI is InChI=1S/C17H24F3N3O.ClH/c1-11(23-8-7-14(21)16(2,3)10-23)15(24)22-13-6-4-5-12(9-13)17(18,19)20;/h4-6,9,11,14H,7-8,10,21H2,1-3H3,(H,22,24);1H. The van der Waals surface area contributed by atoms with Gasteiger partial charge in [-0.1, -0.05) is 19.9 Å². The number of piperidine rings is 1. The summed E-state index contributed by atoms with van der Waals surface area (Å²) >= 11 is 0. The fourth-order valence-corrected chi connectivity index (χ4v) is 2.93. The Morgan fingerprint density at radius 1 is 1.40 bits per heavy atom. The summed E-state index contributed by atoms with van der Waals surface area (Å²) < 4.78 is 38.2. The van der Waals surface area contributed by atoms with E-state index in [1.165, 1.54) is 12.1 Å². The maximum absolute atomic E-state index is 12.7. The van der Waals surface area contributed by atoms with Crippen LogP contribution >= 0.6 is 12.4 Å². The third-order valence-electron chi connectivity index (χ3n) is 4.73. The van der Waals surface area contributed by atoms with Gasteiger partial charge in [0.05, 0.1) is 11.6 Å². The van der Waals surface area contributed by atoms with E-state index in [0.717, 1.165) is 18.6 Å². The molecule has 1 saturated heterocycles. The first-order chi connectivity index (χ1) is 11.0. The Bertz CT molecular complexity index is 607. The smallest absolute Gasteiger partial charge is 0.327 e. The molecule has 0 aliphatic carbocycles. The lowest BCUT2D eigenvalue weighted by Crippen LogP contribution is -2.56. The molecule has 0 aromatic heterocycles. The van der Waals surface area contributed by atoms with Gasteiger partial charge in [0, 0.05) is 24.8 Å².